The van der Waals surface area contributed by atoms with Gasteiger partial charge < -0.3 is 4.74 Å². The van der Waals surface area contributed by atoms with Crippen molar-refractivity contribution in [2.75, 3.05) is 0 Å². The molecule has 2 nitrogen and oxygen atoms in total. The first-order valence-corrected chi connectivity index (χ1v) is 6.42. The molecule has 94 valence electrons. The number of rotatable bonds is 0. The lowest BCUT2D eigenvalue weighted by Gasteiger charge is -2.13. The molecule has 1 aliphatic rings. The average Bonchev–Trinajstić information content (AvgIpc) is 2.56. The zero-order valence-electron chi connectivity index (χ0n) is 11.1. The summed E-state index contributed by atoms with van der Waals surface area (Å²) in [5, 5.41) is 9.56. The minimum absolute atomic E-state index is 0.243. The molecule has 0 N–H and O–H groups in total. The number of nitriles is 1. The molecule has 0 aliphatic carbocycles. The summed E-state index contributed by atoms with van der Waals surface area (Å²) in [5.41, 5.74) is 5.53. The summed E-state index contributed by atoms with van der Waals surface area (Å²) in [7, 11) is 0. The van der Waals surface area contributed by atoms with Crippen LogP contribution in [-0.4, -0.2) is 0 Å². The highest BCUT2D eigenvalue weighted by Crippen LogP contribution is 2.38. The Morgan fingerprint density at radius 3 is 2.63 bits per heavy atom. The summed E-state index contributed by atoms with van der Waals surface area (Å²) < 4.78 is 5.89. The lowest BCUT2D eigenvalue weighted by Crippen LogP contribution is -2.00. The Kier molecular flexibility index (Phi) is 2.76. The maximum absolute atomic E-state index is 9.56. The second kappa shape index (κ2) is 4.44. The zero-order chi connectivity index (χ0) is 13.4. The van der Waals surface area contributed by atoms with Crippen molar-refractivity contribution in [1.82, 2.24) is 0 Å². The molecular weight excluding hydrogens is 234 g/mol. The van der Waals surface area contributed by atoms with Crippen LogP contribution >= 0.6 is 0 Å². The van der Waals surface area contributed by atoms with Gasteiger partial charge in [0.15, 0.2) is 0 Å². The van der Waals surface area contributed by atoms with Gasteiger partial charge in [-0.15, -0.1) is 0 Å². The van der Waals surface area contributed by atoms with Gasteiger partial charge in [0.2, 0.25) is 0 Å². The Hall–Kier alpha value is -2.27. The molecule has 0 fully saturated rings. The first-order chi connectivity index (χ1) is 9.20. The summed E-state index contributed by atoms with van der Waals surface area (Å²) in [5.74, 6) is 0.596. The molecule has 19 heavy (non-hydrogen) atoms. The van der Waals surface area contributed by atoms with Crippen LogP contribution in [0.4, 0.5) is 0 Å². The highest BCUT2D eigenvalue weighted by Gasteiger charge is 2.24. The number of nitrogens with zero attached hydrogens (tertiary/aromatic N) is 1. The fourth-order valence-corrected chi connectivity index (χ4v) is 2.57. The SMILES string of the molecule is Cc1cc2c(cc1C)[C@H](C#N)c1ccccc1CO2. The van der Waals surface area contributed by atoms with Crippen molar-refractivity contribution < 1.29 is 4.74 Å². The Labute approximate surface area is 113 Å². The molecule has 2 heteroatoms. The molecule has 0 radical (unpaired) electrons. The van der Waals surface area contributed by atoms with Crippen molar-refractivity contribution >= 4 is 0 Å². The summed E-state index contributed by atoms with van der Waals surface area (Å²) >= 11 is 0. The van der Waals surface area contributed by atoms with Gasteiger partial charge in [-0.2, -0.15) is 5.26 Å². The van der Waals surface area contributed by atoms with E-state index in [2.05, 4.69) is 26.0 Å². The lowest BCUT2D eigenvalue weighted by atomic mass is 9.88. The first-order valence-electron chi connectivity index (χ1n) is 6.42. The molecule has 0 saturated heterocycles. The van der Waals surface area contributed by atoms with Gasteiger partial charge in [0.05, 0.1) is 6.07 Å². The minimum atomic E-state index is -0.243. The molecule has 0 unspecified atom stereocenters. The summed E-state index contributed by atoms with van der Waals surface area (Å²) in [6.45, 7) is 4.67. The number of benzene rings is 2. The van der Waals surface area contributed by atoms with Crippen molar-refractivity contribution in [3.05, 3.63) is 64.2 Å². The van der Waals surface area contributed by atoms with Gasteiger partial charge in [0.1, 0.15) is 18.3 Å². The smallest absolute Gasteiger partial charge is 0.124 e. The van der Waals surface area contributed by atoms with Crippen molar-refractivity contribution in [2.45, 2.75) is 26.4 Å². The predicted molar refractivity (Wildman–Crippen MR) is 74.1 cm³/mol. The van der Waals surface area contributed by atoms with E-state index in [4.69, 9.17) is 4.74 Å². The molecule has 2 aromatic carbocycles. The molecule has 2 aromatic rings. The van der Waals surface area contributed by atoms with Crippen LogP contribution in [0.3, 0.4) is 0 Å². The van der Waals surface area contributed by atoms with Crippen LogP contribution in [0, 0.1) is 25.2 Å². The van der Waals surface area contributed by atoms with Crippen molar-refractivity contribution in [1.29, 1.82) is 5.26 Å². The molecule has 0 amide bonds. The van der Waals surface area contributed by atoms with Crippen molar-refractivity contribution in [2.24, 2.45) is 0 Å². The molecular formula is C17H15NO. The van der Waals surface area contributed by atoms with Crippen LogP contribution in [0.25, 0.3) is 0 Å². The Morgan fingerprint density at radius 2 is 1.84 bits per heavy atom. The van der Waals surface area contributed by atoms with Gasteiger partial charge in [0.25, 0.3) is 0 Å². The molecule has 3 rings (SSSR count). The second-order valence-electron chi connectivity index (χ2n) is 5.02. The molecule has 1 aliphatic heterocycles. The normalized spacial score (nSPS) is 16.6. The lowest BCUT2D eigenvalue weighted by molar-refractivity contribution is 0.306. The van der Waals surface area contributed by atoms with E-state index < -0.39 is 0 Å². The Balaban J connectivity index is 2.24. The topological polar surface area (TPSA) is 33.0 Å². The number of fused-ring (bicyclic) bond motifs is 2. The third-order valence-corrected chi connectivity index (χ3v) is 3.82. The molecule has 0 bridgehead atoms. The van der Waals surface area contributed by atoms with E-state index in [-0.39, 0.29) is 5.92 Å². The van der Waals surface area contributed by atoms with Gasteiger partial charge >= 0.3 is 0 Å². The first kappa shape index (κ1) is 11.8. The van der Waals surface area contributed by atoms with Crippen LogP contribution in [0.1, 0.15) is 33.7 Å². The molecule has 1 atom stereocenters. The van der Waals surface area contributed by atoms with Crippen LogP contribution in [0.15, 0.2) is 36.4 Å². The molecule has 0 aromatic heterocycles. The highest BCUT2D eigenvalue weighted by molar-refractivity contribution is 5.53. The van der Waals surface area contributed by atoms with E-state index in [0.717, 1.165) is 22.4 Å². The Morgan fingerprint density at radius 1 is 1.11 bits per heavy atom. The van der Waals surface area contributed by atoms with E-state index in [1.165, 1.54) is 11.1 Å². The summed E-state index contributed by atoms with van der Waals surface area (Å²) in [4.78, 5) is 0. The average molecular weight is 249 g/mol. The van der Waals surface area contributed by atoms with Gasteiger partial charge in [-0.3, -0.25) is 0 Å². The standard InChI is InChI=1S/C17H15NO/c1-11-7-15-16(9-18)14-6-4-3-5-13(14)10-19-17(15)8-12(11)2/h3-8,16H,10H2,1-2H3/t16-/m1/s1. The molecule has 0 spiro atoms. The van der Waals surface area contributed by atoms with Gasteiger partial charge in [-0.25, -0.2) is 0 Å². The van der Waals surface area contributed by atoms with Crippen molar-refractivity contribution in [3.8, 4) is 11.8 Å². The van der Waals surface area contributed by atoms with Crippen LogP contribution in [-0.2, 0) is 6.61 Å². The van der Waals surface area contributed by atoms with Crippen LogP contribution in [0.5, 0.6) is 5.75 Å². The predicted octanol–water partition coefficient (Wildman–Crippen LogP) is 3.85. The maximum atomic E-state index is 9.56. The summed E-state index contributed by atoms with van der Waals surface area (Å²) in [6, 6.07) is 14.6. The van der Waals surface area contributed by atoms with Gasteiger partial charge in [-0.05, 0) is 42.2 Å². The molecule has 0 saturated carbocycles. The van der Waals surface area contributed by atoms with E-state index >= 15 is 0 Å². The monoisotopic (exact) mass is 249 g/mol. The number of aryl methyl sites for hydroxylation is 2. The van der Waals surface area contributed by atoms with Crippen LogP contribution < -0.4 is 4.74 Å². The highest BCUT2D eigenvalue weighted by atomic mass is 16.5. The number of ether oxygens (including phenoxy) is 1. The zero-order valence-corrected chi connectivity index (χ0v) is 11.1. The minimum Gasteiger partial charge on any atom is -0.489 e. The fourth-order valence-electron chi connectivity index (χ4n) is 2.57. The van der Waals surface area contributed by atoms with E-state index in [9.17, 15) is 5.26 Å². The van der Waals surface area contributed by atoms with Crippen LogP contribution in [0.2, 0.25) is 0 Å². The quantitative estimate of drug-likeness (QED) is 0.710. The van der Waals surface area contributed by atoms with Gasteiger partial charge in [-0.1, -0.05) is 30.3 Å². The fraction of sp³-hybridized carbons (Fsp3) is 0.235. The summed E-state index contributed by atoms with van der Waals surface area (Å²) in [6.07, 6.45) is 0. The van der Waals surface area contributed by atoms with Crippen molar-refractivity contribution in [3.63, 3.8) is 0 Å². The second-order valence-corrected chi connectivity index (χ2v) is 5.02. The Bertz CT molecular complexity index is 682. The maximum Gasteiger partial charge on any atom is 0.124 e. The number of hydrogen-bond donors (Lipinski definition) is 0. The third-order valence-electron chi connectivity index (χ3n) is 3.82. The largest absolute Gasteiger partial charge is 0.489 e. The molecule has 1 heterocycles. The van der Waals surface area contributed by atoms with Gasteiger partial charge in [0, 0.05) is 5.56 Å². The van der Waals surface area contributed by atoms with E-state index in [1.54, 1.807) is 0 Å². The van der Waals surface area contributed by atoms with E-state index in [1.807, 2.05) is 30.3 Å². The van der Waals surface area contributed by atoms with E-state index in [0.29, 0.717) is 6.61 Å². The third kappa shape index (κ3) is 1.88. The number of hydrogen-bond acceptors (Lipinski definition) is 2.